The summed E-state index contributed by atoms with van der Waals surface area (Å²) in [6.45, 7) is 7.43. The topological polar surface area (TPSA) is 72.2 Å². The summed E-state index contributed by atoms with van der Waals surface area (Å²) in [5.74, 6) is -0.269. The smallest absolute Gasteiger partial charge is 0.236 e. The van der Waals surface area contributed by atoms with E-state index in [1.165, 1.54) is 0 Å². The molecule has 6 heteroatoms. The number of halogens is 1. The van der Waals surface area contributed by atoms with Gasteiger partial charge in [0.25, 0.3) is 0 Å². The van der Waals surface area contributed by atoms with Crippen molar-refractivity contribution in [2.45, 2.75) is 49.8 Å². The zero-order chi connectivity index (χ0) is 15.5. The number of anilines is 1. The summed E-state index contributed by atoms with van der Waals surface area (Å²) in [7, 11) is -1.59. The minimum Gasteiger partial charge on any atom is -0.398 e. The summed E-state index contributed by atoms with van der Waals surface area (Å²) >= 11 is 6.03. The van der Waals surface area contributed by atoms with E-state index >= 15 is 0 Å². The lowest BCUT2D eigenvalue weighted by Gasteiger charge is -2.26. The van der Waals surface area contributed by atoms with Gasteiger partial charge in [-0.15, -0.1) is 0 Å². The molecule has 0 bridgehead atoms. The van der Waals surface area contributed by atoms with Crippen molar-refractivity contribution in [3.63, 3.8) is 0 Å². The van der Waals surface area contributed by atoms with Gasteiger partial charge in [-0.1, -0.05) is 24.6 Å². The van der Waals surface area contributed by atoms with Crippen molar-refractivity contribution in [2.75, 3.05) is 5.73 Å². The molecule has 0 aliphatic carbocycles. The predicted molar refractivity (Wildman–Crippen MR) is 84.2 cm³/mol. The van der Waals surface area contributed by atoms with Gasteiger partial charge in [0.15, 0.2) is 0 Å². The Labute approximate surface area is 127 Å². The van der Waals surface area contributed by atoms with Gasteiger partial charge in [-0.25, -0.2) is 0 Å². The average molecular weight is 317 g/mol. The van der Waals surface area contributed by atoms with Crippen LogP contribution in [0.4, 0.5) is 5.69 Å². The van der Waals surface area contributed by atoms with Crippen LogP contribution >= 0.6 is 11.6 Å². The fourth-order valence-electron chi connectivity index (χ4n) is 1.54. The summed E-state index contributed by atoms with van der Waals surface area (Å²) in [4.78, 5) is 12.5. The lowest BCUT2D eigenvalue weighted by molar-refractivity contribution is -0.121. The molecular formula is C14H21ClN2O2S. The van der Waals surface area contributed by atoms with Crippen LogP contribution in [0.5, 0.6) is 0 Å². The molecule has 3 N–H and O–H groups in total. The number of amides is 1. The summed E-state index contributed by atoms with van der Waals surface area (Å²) in [5.41, 5.74) is 5.81. The van der Waals surface area contributed by atoms with Crippen molar-refractivity contribution in [1.82, 2.24) is 5.32 Å². The van der Waals surface area contributed by atoms with E-state index in [9.17, 15) is 9.00 Å². The first-order valence-electron chi connectivity index (χ1n) is 6.46. The molecule has 0 aliphatic heterocycles. The van der Waals surface area contributed by atoms with Gasteiger partial charge in [-0.3, -0.25) is 9.00 Å². The molecule has 1 aromatic carbocycles. The van der Waals surface area contributed by atoms with E-state index in [1.807, 2.05) is 20.8 Å². The van der Waals surface area contributed by atoms with Crippen molar-refractivity contribution >= 4 is 34.0 Å². The summed E-state index contributed by atoms with van der Waals surface area (Å²) in [5, 5.41) is 2.48. The second-order valence-corrected chi connectivity index (χ2v) is 7.44. The van der Waals surface area contributed by atoms with Crippen LogP contribution in [0.15, 0.2) is 23.1 Å². The number of carbonyl (C=O) groups excluding carboxylic acids is 1. The fraction of sp³-hybridized carbons (Fsp3) is 0.500. The number of rotatable bonds is 5. The molecule has 112 valence electrons. The molecule has 0 aliphatic rings. The Morgan fingerprint density at radius 3 is 2.60 bits per heavy atom. The van der Waals surface area contributed by atoms with Crippen LogP contribution in [0.3, 0.4) is 0 Å². The maximum Gasteiger partial charge on any atom is 0.236 e. The largest absolute Gasteiger partial charge is 0.398 e. The van der Waals surface area contributed by atoms with Gasteiger partial charge < -0.3 is 11.1 Å². The highest BCUT2D eigenvalue weighted by Gasteiger charge is 2.28. The van der Waals surface area contributed by atoms with Crippen LogP contribution in [-0.4, -0.2) is 20.9 Å². The molecule has 1 aromatic rings. The number of benzene rings is 1. The normalized spacial score (nSPS) is 14.7. The van der Waals surface area contributed by atoms with Crippen LogP contribution in [-0.2, 0) is 15.6 Å². The first kappa shape index (κ1) is 17.0. The molecule has 2 atom stereocenters. The van der Waals surface area contributed by atoms with Gasteiger partial charge >= 0.3 is 0 Å². The lowest BCUT2D eigenvalue weighted by atomic mass is 10.0. The maximum atomic E-state index is 12.5. The first-order valence-corrected chi connectivity index (χ1v) is 8.05. The highest BCUT2D eigenvalue weighted by Crippen LogP contribution is 2.27. The van der Waals surface area contributed by atoms with Crippen LogP contribution in [0.2, 0.25) is 5.02 Å². The number of nitrogens with one attached hydrogen (secondary N) is 1. The number of hydrogen-bond donors (Lipinski definition) is 2. The van der Waals surface area contributed by atoms with Crippen molar-refractivity contribution in [2.24, 2.45) is 0 Å². The van der Waals surface area contributed by atoms with E-state index in [0.29, 0.717) is 15.6 Å². The van der Waals surface area contributed by atoms with Crippen molar-refractivity contribution in [3.8, 4) is 0 Å². The minimum atomic E-state index is -1.59. The standard InChI is InChI=1S/C14H21ClN2O2S/c1-5-14(3,4)17-13(18)9(2)20(19)12-10(15)7-6-8-11(12)16/h6-9H,5,16H2,1-4H3,(H,17,18). The Bertz CT molecular complexity index is 512. The van der Waals surface area contributed by atoms with Gasteiger partial charge in [0.05, 0.1) is 20.7 Å². The molecule has 20 heavy (non-hydrogen) atoms. The Morgan fingerprint density at radius 2 is 2.10 bits per heavy atom. The van der Waals surface area contributed by atoms with Crippen molar-refractivity contribution < 1.29 is 9.00 Å². The Hall–Kier alpha value is -1.07. The van der Waals surface area contributed by atoms with Crippen LogP contribution in [0.25, 0.3) is 0 Å². The van der Waals surface area contributed by atoms with E-state index in [4.69, 9.17) is 17.3 Å². The van der Waals surface area contributed by atoms with Crippen molar-refractivity contribution in [1.29, 1.82) is 0 Å². The Balaban J connectivity index is 2.95. The molecule has 0 heterocycles. The van der Waals surface area contributed by atoms with E-state index in [0.717, 1.165) is 6.42 Å². The molecule has 2 unspecified atom stereocenters. The van der Waals surface area contributed by atoms with E-state index in [-0.39, 0.29) is 11.4 Å². The number of nitrogen functional groups attached to an aromatic ring is 1. The minimum absolute atomic E-state index is 0.269. The quantitative estimate of drug-likeness (QED) is 0.820. The van der Waals surface area contributed by atoms with Gasteiger partial charge in [0.1, 0.15) is 5.25 Å². The lowest BCUT2D eigenvalue weighted by Crippen LogP contribution is -2.47. The van der Waals surface area contributed by atoms with E-state index < -0.39 is 16.0 Å². The van der Waals surface area contributed by atoms with Crippen LogP contribution in [0.1, 0.15) is 34.1 Å². The highest BCUT2D eigenvalue weighted by atomic mass is 35.5. The van der Waals surface area contributed by atoms with E-state index in [1.54, 1.807) is 25.1 Å². The van der Waals surface area contributed by atoms with Gasteiger partial charge in [0, 0.05) is 11.2 Å². The molecule has 1 amide bonds. The molecule has 0 radical (unpaired) electrons. The van der Waals surface area contributed by atoms with Gasteiger partial charge in [-0.05, 0) is 39.3 Å². The molecule has 0 spiro atoms. The van der Waals surface area contributed by atoms with Crippen LogP contribution < -0.4 is 11.1 Å². The third-order valence-electron chi connectivity index (χ3n) is 3.23. The zero-order valence-corrected chi connectivity index (χ0v) is 13.8. The SMILES string of the molecule is CCC(C)(C)NC(=O)C(C)S(=O)c1c(N)cccc1Cl. The zero-order valence-electron chi connectivity index (χ0n) is 12.2. The highest BCUT2D eigenvalue weighted by molar-refractivity contribution is 7.86. The van der Waals surface area contributed by atoms with E-state index in [2.05, 4.69) is 5.32 Å². The Morgan fingerprint density at radius 1 is 1.50 bits per heavy atom. The molecule has 1 rings (SSSR count). The van der Waals surface area contributed by atoms with Gasteiger partial charge in [0.2, 0.25) is 5.91 Å². The van der Waals surface area contributed by atoms with Gasteiger partial charge in [-0.2, -0.15) is 0 Å². The monoisotopic (exact) mass is 316 g/mol. The average Bonchev–Trinajstić information content (AvgIpc) is 2.36. The van der Waals surface area contributed by atoms with Crippen molar-refractivity contribution in [3.05, 3.63) is 23.2 Å². The molecular weight excluding hydrogens is 296 g/mol. The number of carbonyl (C=O) groups is 1. The number of hydrogen-bond acceptors (Lipinski definition) is 3. The molecule has 4 nitrogen and oxygen atoms in total. The maximum absolute atomic E-state index is 12.5. The second-order valence-electron chi connectivity index (χ2n) is 5.32. The summed E-state index contributed by atoms with van der Waals surface area (Å²) in [6, 6.07) is 4.93. The van der Waals surface area contributed by atoms with Crippen LogP contribution in [0, 0.1) is 0 Å². The second kappa shape index (κ2) is 6.59. The number of nitrogens with two attached hydrogens (primary N) is 1. The molecule has 0 aromatic heterocycles. The summed E-state index contributed by atoms with van der Waals surface area (Å²) in [6.07, 6.45) is 0.784. The molecule has 0 saturated heterocycles. The first-order chi connectivity index (χ1) is 9.19. The fourth-order valence-corrected chi connectivity index (χ4v) is 3.11. The third-order valence-corrected chi connectivity index (χ3v) is 5.38. The Kier molecular flexibility index (Phi) is 5.59. The molecule has 0 fully saturated rings. The predicted octanol–water partition coefficient (Wildman–Crippen LogP) is 2.72. The molecule has 0 saturated carbocycles. The summed E-state index contributed by atoms with van der Waals surface area (Å²) < 4.78 is 12.5. The third kappa shape index (κ3) is 3.96.